The number of nitrogens with two attached hydrogens (primary N) is 1. The van der Waals surface area contributed by atoms with Crippen LogP contribution in [0.4, 0.5) is 32.0 Å². The van der Waals surface area contributed by atoms with Crippen molar-refractivity contribution in [3.63, 3.8) is 0 Å². The van der Waals surface area contributed by atoms with Crippen LogP contribution >= 0.6 is 62.3 Å². The van der Waals surface area contributed by atoms with Crippen LogP contribution in [-0.4, -0.2) is 226 Å². The molecule has 0 radical (unpaired) electrons. The molecule has 18 nitrogen and oxygen atoms in total. The molecule has 6 heterocycles. The normalized spacial score (nSPS) is 20.0. The minimum absolute atomic E-state index is 0.00922. The molecular formula is C60H69BrCl4F6N10O8. The molecule has 10 rings (SSSR count). The summed E-state index contributed by atoms with van der Waals surface area (Å²) in [5.74, 6) is -2.97. The maximum Gasteiger partial charge on any atom is 0.430 e. The summed E-state index contributed by atoms with van der Waals surface area (Å²) < 4.78 is 84.0. The summed E-state index contributed by atoms with van der Waals surface area (Å²) in [5, 5.41) is 25.3. The van der Waals surface area contributed by atoms with Gasteiger partial charge in [-0.2, -0.15) is 26.3 Å². The zero-order valence-corrected chi connectivity index (χ0v) is 53.3. The van der Waals surface area contributed by atoms with Crippen molar-refractivity contribution in [3.05, 3.63) is 132 Å². The van der Waals surface area contributed by atoms with Gasteiger partial charge in [0, 0.05) is 168 Å². The van der Waals surface area contributed by atoms with Crippen molar-refractivity contribution in [2.75, 3.05) is 110 Å². The van der Waals surface area contributed by atoms with Crippen LogP contribution in [0.25, 0.3) is 0 Å². The third-order valence-corrected chi connectivity index (χ3v) is 18.7. The Balaban J connectivity index is 0.000000192. The number of carbonyl (C=O) groups is 6. The molecular weight excluding hydrogens is 1320 g/mol. The van der Waals surface area contributed by atoms with E-state index in [2.05, 4.69) is 31.0 Å². The van der Waals surface area contributed by atoms with E-state index in [0.717, 1.165) is 57.3 Å². The van der Waals surface area contributed by atoms with Gasteiger partial charge in [-0.05, 0) is 86.3 Å². The molecule has 0 bridgehead atoms. The van der Waals surface area contributed by atoms with Gasteiger partial charge in [-0.25, -0.2) is 0 Å². The van der Waals surface area contributed by atoms with Gasteiger partial charge in [0.1, 0.15) is 0 Å². The highest BCUT2D eigenvalue weighted by Gasteiger charge is 2.63. The molecule has 6 aliphatic rings. The van der Waals surface area contributed by atoms with Crippen LogP contribution in [-0.2, 0) is 30.4 Å². The van der Waals surface area contributed by atoms with E-state index < -0.39 is 46.5 Å². The fraction of sp³-hybridized carbons (Fsp3) is 0.500. The number of alkyl halides is 6. The summed E-state index contributed by atoms with van der Waals surface area (Å²) in [6.07, 6.45) is -8.31. The summed E-state index contributed by atoms with van der Waals surface area (Å²) in [5.41, 5.74) is -1.03. The van der Waals surface area contributed by atoms with Crippen molar-refractivity contribution < 1.29 is 65.3 Å². The lowest BCUT2D eigenvalue weighted by Crippen LogP contribution is -2.62. The monoisotopic (exact) mass is 1390 g/mol. The molecule has 4 aromatic rings. The van der Waals surface area contributed by atoms with Crippen molar-refractivity contribution in [1.29, 1.82) is 0 Å². The minimum atomic E-state index is -5.22. The molecule has 5 N–H and O–H groups in total. The van der Waals surface area contributed by atoms with Crippen molar-refractivity contribution >= 4 is 103 Å². The third kappa shape index (κ3) is 16.1. The van der Waals surface area contributed by atoms with Crippen molar-refractivity contribution in [3.8, 4) is 0 Å². The van der Waals surface area contributed by atoms with E-state index in [4.69, 9.17) is 52.1 Å². The first-order valence-corrected chi connectivity index (χ1v) is 31.2. The molecule has 0 saturated carbocycles. The zero-order valence-electron chi connectivity index (χ0n) is 48.7. The standard InChI is InChI=1S/C30H34Cl2F3N5O4.C17H21ClF3N3O2.C13H14BrClN2O2/c1-19(41)37-11-13-38(14-12-37)27(42)25-6-5-22(16-26(25)32)36-23-17-40(18-23)24-7-9-39(10-8-24)28(43)29(44,30(33,34)35)20-3-2-4-21(31)15-20;18-12-3-1-2-11(8-12)16(26,17(19,20)21)15(25)23-6-4-14(5-7-23)24-9-13(22)10-24;1-9(18)16-4-6-17(7-5-16)13(19)11-3-2-10(14)8-12(11)15/h2-6,15-16,23-24,36,44H,7-14,17-18H2,1H3;1-3,8,13-14,26H,4-7,9-10,22H2;2-3,8H,4-7H2,1H3. The second-order valence-electron chi connectivity index (χ2n) is 22.9. The number of nitrogens with one attached hydrogen (secondary N) is 1. The number of likely N-dealkylation sites (tertiary alicyclic amines) is 4. The Hall–Kier alpha value is -5.48. The number of amides is 6. The number of benzene rings is 4. The molecule has 484 valence electrons. The second kappa shape index (κ2) is 29.0. The molecule has 89 heavy (non-hydrogen) atoms. The molecule has 29 heteroatoms. The van der Waals surface area contributed by atoms with Crippen LogP contribution < -0.4 is 11.1 Å². The molecule has 6 fully saturated rings. The van der Waals surface area contributed by atoms with Crippen LogP contribution in [0.5, 0.6) is 0 Å². The summed E-state index contributed by atoms with van der Waals surface area (Å²) in [6, 6.07) is 20.4. The number of piperidine rings is 2. The Morgan fingerprint density at radius 3 is 1.22 bits per heavy atom. The number of halogens is 11. The lowest BCUT2D eigenvalue weighted by atomic mass is 9.89. The van der Waals surface area contributed by atoms with Gasteiger partial charge in [0.05, 0.1) is 27.2 Å². The molecule has 4 aromatic carbocycles. The number of piperazine rings is 2. The zero-order chi connectivity index (χ0) is 64.9. The Labute approximate surface area is 539 Å². The molecule has 6 amide bonds. The van der Waals surface area contributed by atoms with Gasteiger partial charge >= 0.3 is 12.4 Å². The summed E-state index contributed by atoms with van der Waals surface area (Å²) in [7, 11) is 0. The van der Waals surface area contributed by atoms with E-state index in [9.17, 15) is 65.3 Å². The number of aliphatic hydroxyl groups is 2. The average Bonchev–Trinajstić information content (AvgIpc) is 0.799. The number of carbonyl (C=O) groups excluding carboxylic acids is 6. The van der Waals surface area contributed by atoms with Gasteiger partial charge in [-0.3, -0.25) is 38.6 Å². The lowest BCUT2D eigenvalue weighted by molar-refractivity contribution is -0.263. The van der Waals surface area contributed by atoms with E-state index in [1.165, 1.54) is 31.2 Å². The van der Waals surface area contributed by atoms with Crippen molar-refractivity contribution in [2.24, 2.45) is 5.73 Å². The number of anilines is 1. The highest BCUT2D eigenvalue weighted by molar-refractivity contribution is 9.10. The maximum absolute atomic E-state index is 14.0. The van der Waals surface area contributed by atoms with Gasteiger partial charge in [0.15, 0.2) is 0 Å². The number of rotatable bonds is 10. The Morgan fingerprint density at radius 2 is 0.876 bits per heavy atom. The van der Waals surface area contributed by atoms with E-state index in [1.54, 1.807) is 62.9 Å². The van der Waals surface area contributed by atoms with Crippen LogP contribution in [0.15, 0.2) is 89.4 Å². The Bertz CT molecular complexity index is 3230. The van der Waals surface area contributed by atoms with E-state index in [-0.39, 0.29) is 84.0 Å². The summed E-state index contributed by atoms with van der Waals surface area (Å²) in [4.78, 5) is 87.3. The van der Waals surface area contributed by atoms with Crippen LogP contribution in [0.1, 0.15) is 71.4 Å². The fourth-order valence-corrected chi connectivity index (χ4v) is 13.2. The molecule has 0 spiro atoms. The van der Waals surface area contributed by atoms with Crippen LogP contribution in [0, 0.1) is 0 Å². The SMILES string of the molecule is CC(=O)N1CCN(C(=O)c2ccc(Br)cc2Cl)CC1.CC(=O)N1CCN(C(=O)c2ccc(NC3CN(C4CCN(C(=O)C(O)(c5cccc(Cl)c5)C(F)(F)F)CC4)C3)cc2Cl)CC1.NC1CN(C2CCN(C(=O)C(O)(c3cccc(Cl)c3)C(F)(F)F)CC2)C1. The van der Waals surface area contributed by atoms with Gasteiger partial charge in [-0.15, -0.1) is 0 Å². The largest absolute Gasteiger partial charge is 0.430 e. The molecule has 2 unspecified atom stereocenters. The first kappa shape index (κ1) is 69.4. The van der Waals surface area contributed by atoms with Crippen molar-refractivity contribution in [1.82, 2.24) is 39.2 Å². The van der Waals surface area contributed by atoms with Gasteiger partial charge in [0.25, 0.3) is 34.8 Å². The van der Waals surface area contributed by atoms with E-state index in [0.29, 0.717) is 112 Å². The Kier molecular flexibility index (Phi) is 22.6. The number of hydrogen-bond acceptors (Lipinski definition) is 12. The lowest BCUT2D eigenvalue weighted by Gasteiger charge is -2.48. The highest BCUT2D eigenvalue weighted by Crippen LogP contribution is 2.44. The molecule has 0 aromatic heterocycles. The number of nitrogens with zero attached hydrogens (tertiary/aromatic N) is 8. The predicted molar refractivity (Wildman–Crippen MR) is 327 cm³/mol. The predicted octanol–water partition coefficient (Wildman–Crippen LogP) is 7.97. The van der Waals surface area contributed by atoms with Crippen molar-refractivity contribution in [2.45, 2.75) is 87.3 Å². The van der Waals surface area contributed by atoms with Gasteiger partial charge in [0.2, 0.25) is 11.8 Å². The van der Waals surface area contributed by atoms with Crippen LogP contribution in [0.3, 0.4) is 0 Å². The highest BCUT2D eigenvalue weighted by atomic mass is 79.9. The molecule has 2 atom stereocenters. The fourth-order valence-electron chi connectivity index (χ4n) is 11.8. The maximum atomic E-state index is 14.0. The van der Waals surface area contributed by atoms with Gasteiger partial charge < -0.3 is 50.7 Å². The molecule has 6 saturated heterocycles. The average molecular weight is 1390 g/mol. The topological polar surface area (TPSA) is 207 Å². The molecule has 6 aliphatic heterocycles. The third-order valence-electron chi connectivity index (χ3n) is 17.1. The Morgan fingerprint density at radius 1 is 0.506 bits per heavy atom. The molecule has 0 aliphatic carbocycles. The first-order valence-electron chi connectivity index (χ1n) is 28.9. The number of hydrogen-bond donors (Lipinski definition) is 4. The second-order valence-corrected chi connectivity index (χ2v) is 25.5. The van der Waals surface area contributed by atoms with E-state index in [1.807, 2.05) is 0 Å². The summed E-state index contributed by atoms with van der Waals surface area (Å²) >= 11 is 27.5. The minimum Gasteiger partial charge on any atom is -0.380 e. The smallest absolute Gasteiger partial charge is 0.380 e. The van der Waals surface area contributed by atoms with Crippen LogP contribution in [0.2, 0.25) is 20.1 Å². The first-order chi connectivity index (χ1) is 41.9. The van der Waals surface area contributed by atoms with Gasteiger partial charge in [-0.1, -0.05) is 86.6 Å². The summed E-state index contributed by atoms with van der Waals surface area (Å²) in [6.45, 7) is 10.6. The van der Waals surface area contributed by atoms with E-state index >= 15 is 0 Å². The quantitative estimate of drug-likeness (QED) is 0.112.